The number of ether oxygens (including phenoxy) is 2. The normalized spacial score (nSPS) is 11.0. The molecule has 0 bridgehead atoms. The number of benzene rings is 2. The van der Waals surface area contributed by atoms with Gasteiger partial charge in [-0.1, -0.05) is 41.0 Å². The Kier molecular flexibility index (Phi) is 5.20. The number of methoxy groups -OCH3 is 1. The van der Waals surface area contributed by atoms with Crippen molar-refractivity contribution >= 4 is 29.8 Å². The number of aromatic nitrogens is 2. The first-order valence-corrected chi connectivity index (χ1v) is 7.85. The fourth-order valence-electron chi connectivity index (χ4n) is 2.16. The van der Waals surface area contributed by atoms with Gasteiger partial charge in [0.05, 0.1) is 7.11 Å². The van der Waals surface area contributed by atoms with Crippen molar-refractivity contribution in [1.29, 1.82) is 0 Å². The molecule has 0 radical (unpaired) electrons. The number of anilines is 1. The standard InChI is InChI=1S/C18H16ClN3O3/c1-23-15-8-6-12(7-9-17-21-22-18(20)25-17)10-16(15)24-11-13-4-2-3-5-14(13)19/h2-10H,11H2,1H3,(H2,20,22)/b9-7+. The zero-order valence-corrected chi connectivity index (χ0v) is 14.2. The van der Waals surface area contributed by atoms with Crippen LogP contribution in [0.15, 0.2) is 46.9 Å². The fourth-order valence-corrected chi connectivity index (χ4v) is 2.35. The minimum Gasteiger partial charge on any atom is -0.493 e. The molecule has 3 rings (SSSR count). The molecule has 3 aromatic rings. The summed E-state index contributed by atoms with van der Waals surface area (Å²) in [6, 6.07) is 13.1. The van der Waals surface area contributed by atoms with Crippen molar-refractivity contribution in [3.63, 3.8) is 0 Å². The van der Waals surface area contributed by atoms with Crippen LogP contribution >= 0.6 is 11.6 Å². The van der Waals surface area contributed by atoms with Crippen LogP contribution in [0.5, 0.6) is 11.5 Å². The number of nitrogen functional groups attached to an aromatic ring is 1. The second kappa shape index (κ2) is 7.72. The van der Waals surface area contributed by atoms with Crippen molar-refractivity contribution in [1.82, 2.24) is 10.2 Å². The van der Waals surface area contributed by atoms with E-state index in [-0.39, 0.29) is 6.01 Å². The van der Waals surface area contributed by atoms with E-state index in [4.69, 9.17) is 31.2 Å². The summed E-state index contributed by atoms with van der Waals surface area (Å²) in [7, 11) is 1.59. The Morgan fingerprint density at radius 2 is 1.96 bits per heavy atom. The minimum atomic E-state index is 0.0261. The number of rotatable bonds is 6. The molecule has 0 spiro atoms. The van der Waals surface area contributed by atoms with Gasteiger partial charge >= 0.3 is 6.01 Å². The van der Waals surface area contributed by atoms with Gasteiger partial charge in [0, 0.05) is 16.7 Å². The van der Waals surface area contributed by atoms with E-state index in [0.29, 0.717) is 29.0 Å². The van der Waals surface area contributed by atoms with E-state index < -0.39 is 0 Å². The Hall–Kier alpha value is -2.99. The average molecular weight is 358 g/mol. The van der Waals surface area contributed by atoms with Gasteiger partial charge in [-0.3, -0.25) is 0 Å². The van der Waals surface area contributed by atoms with Crippen LogP contribution in [0.1, 0.15) is 17.0 Å². The Balaban J connectivity index is 1.78. The van der Waals surface area contributed by atoms with Gasteiger partial charge in [0.15, 0.2) is 11.5 Å². The van der Waals surface area contributed by atoms with Crippen LogP contribution in [-0.4, -0.2) is 17.3 Å². The third kappa shape index (κ3) is 4.30. The number of nitrogens with two attached hydrogens (primary N) is 1. The second-order valence-electron chi connectivity index (χ2n) is 5.10. The van der Waals surface area contributed by atoms with E-state index in [9.17, 15) is 0 Å². The van der Waals surface area contributed by atoms with E-state index in [1.807, 2.05) is 48.5 Å². The van der Waals surface area contributed by atoms with E-state index >= 15 is 0 Å². The lowest BCUT2D eigenvalue weighted by atomic mass is 10.2. The van der Waals surface area contributed by atoms with E-state index in [0.717, 1.165) is 11.1 Å². The largest absolute Gasteiger partial charge is 0.493 e. The number of hydrogen-bond donors (Lipinski definition) is 1. The highest BCUT2D eigenvalue weighted by Gasteiger charge is 2.07. The van der Waals surface area contributed by atoms with Crippen molar-refractivity contribution in [3.8, 4) is 11.5 Å². The van der Waals surface area contributed by atoms with E-state index in [1.165, 1.54) is 0 Å². The molecule has 0 amide bonds. The average Bonchev–Trinajstić information content (AvgIpc) is 3.04. The van der Waals surface area contributed by atoms with Gasteiger partial charge in [0.2, 0.25) is 5.89 Å². The van der Waals surface area contributed by atoms with Gasteiger partial charge < -0.3 is 19.6 Å². The van der Waals surface area contributed by atoms with E-state index in [2.05, 4.69) is 10.2 Å². The first-order valence-electron chi connectivity index (χ1n) is 7.47. The molecule has 0 aliphatic heterocycles. The number of nitrogens with zero attached hydrogens (tertiary/aromatic N) is 2. The maximum absolute atomic E-state index is 6.16. The monoisotopic (exact) mass is 357 g/mol. The molecule has 7 heteroatoms. The van der Waals surface area contributed by atoms with Crippen LogP contribution in [-0.2, 0) is 6.61 Å². The summed E-state index contributed by atoms with van der Waals surface area (Å²) in [5, 5.41) is 8.03. The number of hydrogen-bond acceptors (Lipinski definition) is 6. The van der Waals surface area contributed by atoms with Crippen LogP contribution < -0.4 is 15.2 Å². The van der Waals surface area contributed by atoms with Crippen molar-refractivity contribution < 1.29 is 13.9 Å². The smallest absolute Gasteiger partial charge is 0.313 e. The van der Waals surface area contributed by atoms with Gasteiger partial charge in [-0.2, -0.15) is 0 Å². The molecule has 0 atom stereocenters. The second-order valence-corrected chi connectivity index (χ2v) is 5.51. The lowest BCUT2D eigenvalue weighted by Gasteiger charge is -2.12. The van der Waals surface area contributed by atoms with Crippen molar-refractivity contribution in [2.75, 3.05) is 12.8 Å². The quantitative estimate of drug-likeness (QED) is 0.716. The Morgan fingerprint density at radius 3 is 2.68 bits per heavy atom. The molecule has 0 aliphatic carbocycles. The fraction of sp³-hybridized carbons (Fsp3) is 0.111. The topological polar surface area (TPSA) is 83.4 Å². The van der Waals surface area contributed by atoms with Crippen molar-refractivity contribution in [3.05, 3.63) is 64.5 Å². The molecule has 6 nitrogen and oxygen atoms in total. The third-order valence-corrected chi connectivity index (χ3v) is 3.77. The highest BCUT2D eigenvalue weighted by Crippen LogP contribution is 2.30. The van der Waals surface area contributed by atoms with Crippen LogP contribution in [0, 0.1) is 0 Å². The molecule has 0 unspecified atom stereocenters. The Bertz CT molecular complexity index is 893. The maximum atomic E-state index is 6.16. The molecule has 1 heterocycles. The van der Waals surface area contributed by atoms with Crippen molar-refractivity contribution in [2.45, 2.75) is 6.61 Å². The highest BCUT2D eigenvalue weighted by molar-refractivity contribution is 6.31. The lowest BCUT2D eigenvalue weighted by Crippen LogP contribution is -1.98. The molecule has 2 N–H and O–H groups in total. The summed E-state index contributed by atoms with van der Waals surface area (Å²) in [6.07, 6.45) is 3.48. The van der Waals surface area contributed by atoms with Gasteiger partial charge in [0.25, 0.3) is 0 Å². The van der Waals surface area contributed by atoms with Gasteiger partial charge in [-0.05, 0) is 29.8 Å². The first kappa shape index (κ1) is 16.9. The molecule has 0 aliphatic rings. The molecular weight excluding hydrogens is 342 g/mol. The molecule has 0 fully saturated rings. The van der Waals surface area contributed by atoms with E-state index in [1.54, 1.807) is 13.2 Å². The third-order valence-electron chi connectivity index (χ3n) is 3.40. The lowest BCUT2D eigenvalue weighted by molar-refractivity contribution is 0.284. The maximum Gasteiger partial charge on any atom is 0.313 e. The summed E-state index contributed by atoms with van der Waals surface area (Å²) in [5.74, 6) is 1.56. The van der Waals surface area contributed by atoms with Crippen LogP contribution in [0.2, 0.25) is 5.02 Å². The summed E-state index contributed by atoms with van der Waals surface area (Å²) < 4.78 is 16.3. The minimum absolute atomic E-state index is 0.0261. The molecule has 0 saturated carbocycles. The zero-order valence-electron chi connectivity index (χ0n) is 13.5. The Morgan fingerprint density at radius 1 is 1.12 bits per heavy atom. The summed E-state index contributed by atoms with van der Waals surface area (Å²) in [5.41, 5.74) is 7.17. The zero-order chi connectivity index (χ0) is 17.6. The molecular formula is C18H16ClN3O3. The Labute approximate surface area is 149 Å². The molecule has 2 aromatic carbocycles. The highest BCUT2D eigenvalue weighted by atomic mass is 35.5. The van der Waals surface area contributed by atoms with Gasteiger partial charge in [0.1, 0.15) is 6.61 Å². The van der Waals surface area contributed by atoms with Crippen LogP contribution in [0.4, 0.5) is 6.01 Å². The molecule has 1 aromatic heterocycles. The molecule has 0 saturated heterocycles. The first-order chi connectivity index (χ1) is 12.2. The van der Waals surface area contributed by atoms with Crippen molar-refractivity contribution in [2.24, 2.45) is 0 Å². The van der Waals surface area contributed by atoms with Crippen LogP contribution in [0.25, 0.3) is 12.2 Å². The summed E-state index contributed by atoms with van der Waals surface area (Å²) in [6.45, 7) is 0.337. The SMILES string of the molecule is COc1ccc(/C=C/c2nnc(N)o2)cc1OCc1ccccc1Cl. The summed E-state index contributed by atoms with van der Waals surface area (Å²) in [4.78, 5) is 0. The van der Waals surface area contributed by atoms with Gasteiger partial charge in [-0.25, -0.2) is 0 Å². The van der Waals surface area contributed by atoms with Gasteiger partial charge in [-0.15, -0.1) is 5.10 Å². The molecule has 128 valence electrons. The van der Waals surface area contributed by atoms with Crippen LogP contribution in [0.3, 0.4) is 0 Å². The predicted molar refractivity (Wildman–Crippen MR) is 96.4 cm³/mol. The molecule has 25 heavy (non-hydrogen) atoms. The summed E-state index contributed by atoms with van der Waals surface area (Å²) >= 11 is 6.16. The predicted octanol–water partition coefficient (Wildman–Crippen LogP) is 4.06. The number of halogens is 1.